The van der Waals surface area contributed by atoms with E-state index in [2.05, 4.69) is 75.3 Å². The van der Waals surface area contributed by atoms with Crippen LogP contribution in [0.2, 0.25) is 0 Å². The molecule has 0 saturated heterocycles. The van der Waals surface area contributed by atoms with Crippen LogP contribution >= 0.6 is 0 Å². The summed E-state index contributed by atoms with van der Waals surface area (Å²) in [5, 5.41) is 1.57. The average molecular weight is 361 g/mol. The minimum absolute atomic E-state index is 0.416. The molecule has 0 aliphatic heterocycles. The molecule has 0 saturated carbocycles. The fourth-order valence-electron chi connectivity index (χ4n) is 3.63. The van der Waals surface area contributed by atoms with Crippen LogP contribution in [0.5, 0.6) is 0 Å². The topological polar surface area (TPSA) is 6.48 Å². The number of hydrogen-bond acceptors (Lipinski definition) is 2. The number of allylic oxidation sites excluding steroid dienone is 1. The van der Waals surface area contributed by atoms with E-state index in [0.29, 0.717) is 5.79 Å². The minimum Gasteiger partial charge on any atom is -0.291 e. The van der Waals surface area contributed by atoms with Gasteiger partial charge in [-0.25, -0.2) is 0 Å². The third kappa shape index (κ3) is 7.47. The van der Waals surface area contributed by atoms with E-state index >= 15 is 0 Å². The molecule has 0 spiro atoms. The molecule has 0 N–H and O–H groups in total. The van der Waals surface area contributed by atoms with E-state index < -0.39 is 9.52 Å². The van der Waals surface area contributed by atoms with Crippen molar-refractivity contribution < 1.29 is 0 Å². The standard InChI is InChI=1S/C22H40N2Si/c1-7-14-23(15-8-2)22(24(16-9-3)17-10-4)25-21-13-11-12-20(18-21)19(5)6/h11-13,18,22H,5,7-10,14-17,25H2,1-4,6H3. The molecule has 0 aliphatic carbocycles. The number of nitrogens with zero attached hydrogens (tertiary/aromatic N) is 2. The number of benzene rings is 1. The van der Waals surface area contributed by atoms with Gasteiger partial charge in [-0.2, -0.15) is 0 Å². The highest BCUT2D eigenvalue weighted by atomic mass is 28.2. The largest absolute Gasteiger partial charge is 0.291 e. The van der Waals surface area contributed by atoms with Crippen molar-refractivity contribution in [2.75, 3.05) is 26.2 Å². The highest BCUT2D eigenvalue weighted by Crippen LogP contribution is 2.12. The summed E-state index contributed by atoms with van der Waals surface area (Å²) in [6, 6.07) is 9.16. The second-order valence-corrected chi connectivity index (χ2v) is 9.19. The molecular weight excluding hydrogens is 320 g/mol. The van der Waals surface area contributed by atoms with Crippen LogP contribution in [-0.4, -0.2) is 51.3 Å². The SMILES string of the molecule is C=C(C)c1cccc([SiH2]C(N(CCC)CCC)N(CCC)CCC)c1. The maximum atomic E-state index is 4.13. The lowest BCUT2D eigenvalue weighted by atomic mass is 10.1. The van der Waals surface area contributed by atoms with Gasteiger partial charge in [0.2, 0.25) is 0 Å². The summed E-state index contributed by atoms with van der Waals surface area (Å²) in [6.45, 7) is 20.4. The van der Waals surface area contributed by atoms with Gasteiger partial charge in [-0.15, -0.1) is 0 Å². The van der Waals surface area contributed by atoms with Crippen LogP contribution < -0.4 is 5.19 Å². The van der Waals surface area contributed by atoms with Crippen molar-refractivity contribution in [3.8, 4) is 0 Å². The van der Waals surface area contributed by atoms with Crippen molar-refractivity contribution in [3.05, 3.63) is 36.4 Å². The predicted molar refractivity (Wildman–Crippen MR) is 117 cm³/mol. The van der Waals surface area contributed by atoms with E-state index in [0.717, 1.165) is 0 Å². The van der Waals surface area contributed by atoms with E-state index in [1.807, 2.05) is 0 Å². The lowest BCUT2D eigenvalue weighted by Gasteiger charge is -2.40. The van der Waals surface area contributed by atoms with Crippen molar-refractivity contribution in [1.82, 2.24) is 9.80 Å². The fourth-order valence-corrected chi connectivity index (χ4v) is 5.91. The van der Waals surface area contributed by atoms with Crippen molar-refractivity contribution >= 4 is 20.3 Å². The van der Waals surface area contributed by atoms with Crippen LogP contribution in [0.15, 0.2) is 30.8 Å². The first-order chi connectivity index (χ1) is 12.1. The highest BCUT2D eigenvalue weighted by molar-refractivity contribution is 6.55. The fraction of sp³-hybridized carbons (Fsp3) is 0.636. The molecule has 1 rings (SSSR count). The van der Waals surface area contributed by atoms with E-state index in [4.69, 9.17) is 0 Å². The van der Waals surface area contributed by atoms with E-state index in [-0.39, 0.29) is 0 Å². The van der Waals surface area contributed by atoms with Gasteiger partial charge in [0.15, 0.2) is 0 Å². The van der Waals surface area contributed by atoms with Crippen LogP contribution in [0.3, 0.4) is 0 Å². The summed E-state index contributed by atoms with van der Waals surface area (Å²) >= 11 is 0. The molecule has 25 heavy (non-hydrogen) atoms. The molecule has 0 atom stereocenters. The van der Waals surface area contributed by atoms with Gasteiger partial charge in [-0.1, -0.05) is 69.3 Å². The van der Waals surface area contributed by atoms with Crippen LogP contribution in [0.1, 0.15) is 65.9 Å². The molecular formula is C22H40N2Si. The van der Waals surface area contributed by atoms with Gasteiger partial charge in [0.1, 0.15) is 0 Å². The predicted octanol–water partition coefficient (Wildman–Crippen LogP) is 4.04. The van der Waals surface area contributed by atoms with Gasteiger partial charge in [-0.05, 0) is 64.3 Å². The first-order valence-corrected chi connectivity index (χ1v) is 11.8. The molecule has 0 radical (unpaired) electrons. The molecule has 142 valence electrons. The summed E-state index contributed by atoms with van der Waals surface area (Å²) in [6.07, 6.45) is 4.96. The maximum absolute atomic E-state index is 4.13. The Hall–Kier alpha value is -0.903. The second-order valence-electron chi connectivity index (χ2n) is 7.24. The summed E-state index contributed by atoms with van der Waals surface area (Å²) in [5.41, 5.74) is 2.48. The molecule has 0 amide bonds. The van der Waals surface area contributed by atoms with Crippen LogP contribution in [-0.2, 0) is 0 Å². The summed E-state index contributed by atoms with van der Waals surface area (Å²) < 4.78 is 0. The minimum atomic E-state index is -0.416. The Morgan fingerprint density at radius 2 is 1.40 bits per heavy atom. The van der Waals surface area contributed by atoms with Gasteiger partial charge in [0, 0.05) is 0 Å². The molecule has 0 fully saturated rings. The zero-order valence-corrected chi connectivity index (χ0v) is 18.8. The zero-order chi connectivity index (χ0) is 18.7. The van der Waals surface area contributed by atoms with Crippen molar-refractivity contribution in [2.24, 2.45) is 0 Å². The molecule has 0 aromatic heterocycles. The summed E-state index contributed by atoms with van der Waals surface area (Å²) in [7, 11) is -0.416. The van der Waals surface area contributed by atoms with E-state index in [9.17, 15) is 0 Å². The normalized spacial score (nSPS) is 12.2. The highest BCUT2D eigenvalue weighted by Gasteiger charge is 2.24. The lowest BCUT2D eigenvalue weighted by molar-refractivity contribution is 0.0962. The second kappa shape index (κ2) is 12.5. The third-order valence-electron chi connectivity index (χ3n) is 4.72. The summed E-state index contributed by atoms with van der Waals surface area (Å²) in [4.78, 5) is 5.54. The van der Waals surface area contributed by atoms with Gasteiger partial charge in [-0.3, -0.25) is 9.80 Å². The van der Waals surface area contributed by atoms with Gasteiger partial charge < -0.3 is 0 Å². The first kappa shape index (κ1) is 22.1. The quantitative estimate of drug-likeness (QED) is 0.387. The van der Waals surface area contributed by atoms with Crippen LogP contribution in [0, 0.1) is 0 Å². The van der Waals surface area contributed by atoms with Crippen LogP contribution in [0.4, 0.5) is 0 Å². The Bertz CT molecular complexity index is 473. The first-order valence-electron chi connectivity index (χ1n) is 10.3. The van der Waals surface area contributed by atoms with Crippen molar-refractivity contribution in [3.63, 3.8) is 0 Å². The monoisotopic (exact) mass is 360 g/mol. The molecule has 1 aromatic carbocycles. The zero-order valence-electron chi connectivity index (χ0n) is 17.4. The van der Waals surface area contributed by atoms with E-state index in [1.165, 1.54) is 63.0 Å². The van der Waals surface area contributed by atoms with E-state index in [1.54, 1.807) is 5.19 Å². The Morgan fingerprint density at radius 3 is 1.80 bits per heavy atom. The Balaban J connectivity index is 3.10. The molecule has 0 heterocycles. The Labute approximate surface area is 159 Å². The smallest absolute Gasteiger partial charge is 0.0923 e. The molecule has 0 unspecified atom stereocenters. The van der Waals surface area contributed by atoms with Gasteiger partial charge in [0.25, 0.3) is 0 Å². The summed E-state index contributed by atoms with van der Waals surface area (Å²) in [5.74, 6) is 0.639. The maximum Gasteiger partial charge on any atom is 0.0923 e. The average Bonchev–Trinajstić information content (AvgIpc) is 2.60. The molecule has 0 aliphatic rings. The molecule has 1 aromatic rings. The number of rotatable bonds is 13. The Morgan fingerprint density at radius 1 is 0.920 bits per heavy atom. The molecule has 3 heteroatoms. The van der Waals surface area contributed by atoms with Crippen molar-refractivity contribution in [2.45, 2.75) is 66.1 Å². The van der Waals surface area contributed by atoms with Crippen LogP contribution in [0.25, 0.3) is 5.57 Å². The lowest BCUT2D eigenvalue weighted by Crippen LogP contribution is -2.55. The molecule has 0 bridgehead atoms. The Kier molecular flexibility index (Phi) is 11.0. The molecule has 2 nitrogen and oxygen atoms in total. The third-order valence-corrected chi connectivity index (χ3v) is 7.03. The van der Waals surface area contributed by atoms with Crippen molar-refractivity contribution in [1.29, 1.82) is 0 Å². The van der Waals surface area contributed by atoms with Gasteiger partial charge >= 0.3 is 0 Å². The number of hydrogen-bond donors (Lipinski definition) is 0. The van der Waals surface area contributed by atoms with Gasteiger partial charge in [0.05, 0.1) is 15.3 Å².